The van der Waals surface area contributed by atoms with Crippen molar-refractivity contribution in [2.24, 2.45) is 5.41 Å². The van der Waals surface area contributed by atoms with Gasteiger partial charge in [0.2, 0.25) is 11.8 Å². The van der Waals surface area contributed by atoms with Crippen LogP contribution in [0.25, 0.3) is 0 Å². The van der Waals surface area contributed by atoms with E-state index in [-0.39, 0.29) is 17.9 Å². The first-order valence-corrected chi connectivity index (χ1v) is 7.49. The second kappa shape index (κ2) is 7.29. The standard InChI is InChI=1S/C17H26N2O3/c1-7-12(3)18-15(20)17(4,5)16(21)19-13-10-11(2)8-9-14(13)22-6/h8-10,12H,7H2,1-6H3,(H,18,20)(H,19,21). The van der Waals surface area contributed by atoms with Crippen LogP contribution in [-0.4, -0.2) is 25.0 Å². The summed E-state index contributed by atoms with van der Waals surface area (Å²) in [5, 5.41) is 5.64. The Balaban J connectivity index is 2.91. The Morgan fingerprint density at radius 2 is 1.91 bits per heavy atom. The van der Waals surface area contributed by atoms with Crippen LogP contribution in [0.3, 0.4) is 0 Å². The minimum absolute atomic E-state index is 0.0353. The topological polar surface area (TPSA) is 67.4 Å². The van der Waals surface area contributed by atoms with Gasteiger partial charge >= 0.3 is 0 Å². The zero-order valence-electron chi connectivity index (χ0n) is 14.2. The van der Waals surface area contributed by atoms with Crippen molar-refractivity contribution in [2.75, 3.05) is 12.4 Å². The molecule has 1 rings (SSSR count). The molecule has 0 bridgehead atoms. The molecule has 0 aliphatic carbocycles. The van der Waals surface area contributed by atoms with Crippen LogP contribution < -0.4 is 15.4 Å². The van der Waals surface area contributed by atoms with Gasteiger partial charge < -0.3 is 15.4 Å². The minimum atomic E-state index is -1.17. The normalized spacial score (nSPS) is 12.5. The van der Waals surface area contributed by atoms with Crippen molar-refractivity contribution in [3.05, 3.63) is 23.8 Å². The molecule has 0 aromatic heterocycles. The third-order valence-corrected chi connectivity index (χ3v) is 3.73. The van der Waals surface area contributed by atoms with Gasteiger partial charge in [-0.1, -0.05) is 13.0 Å². The third kappa shape index (κ3) is 4.23. The van der Waals surface area contributed by atoms with Crippen LogP contribution in [0, 0.1) is 12.3 Å². The number of anilines is 1. The number of aryl methyl sites for hydroxylation is 1. The first kappa shape index (κ1) is 18.0. The monoisotopic (exact) mass is 306 g/mol. The van der Waals surface area contributed by atoms with Crippen LogP contribution in [-0.2, 0) is 9.59 Å². The van der Waals surface area contributed by atoms with Gasteiger partial charge in [0, 0.05) is 6.04 Å². The summed E-state index contributed by atoms with van der Waals surface area (Å²) in [4.78, 5) is 24.8. The van der Waals surface area contributed by atoms with Gasteiger partial charge in [0.1, 0.15) is 11.2 Å². The Morgan fingerprint density at radius 3 is 2.45 bits per heavy atom. The molecule has 5 heteroatoms. The van der Waals surface area contributed by atoms with E-state index in [9.17, 15) is 9.59 Å². The average Bonchev–Trinajstić information content (AvgIpc) is 2.47. The Kier molecular flexibility index (Phi) is 5.97. The van der Waals surface area contributed by atoms with E-state index in [1.165, 1.54) is 0 Å². The molecule has 0 saturated heterocycles. The molecule has 0 heterocycles. The Hall–Kier alpha value is -2.04. The lowest BCUT2D eigenvalue weighted by molar-refractivity contribution is -0.138. The van der Waals surface area contributed by atoms with E-state index in [4.69, 9.17) is 4.74 Å². The lowest BCUT2D eigenvalue weighted by Crippen LogP contribution is -2.47. The maximum atomic E-state index is 12.5. The van der Waals surface area contributed by atoms with Gasteiger partial charge in [0.05, 0.1) is 12.8 Å². The minimum Gasteiger partial charge on any atom is -0.495 e. The summed E-state index contributed by atoms with van der Waals surface area (Å²) >= 11 is 0. The number of nitrogens with one attached hydrogen (secondary N) is 2. The van der Waals surface area contributed by atoms with Crippen molar-refractivity contribution < 1.29 is 14.3 Å². The molecule has 22 heavy (non-hydrogen) atoms. The molecule has 1 atom stereocenters. The van der Waals surface area contributed by atoms with Gasteiger partial charge in [0.15, 0.2) is 0 Å². The second-order valence-electron chi connectivity index (χ2n) is 6.07. The van der Waals surface area contributed by atoms with Gasteiger partial charge in [-0.05, 0) is 51.8 Å². The number of hydrogen-bond donors (Lipinski definition) is 2. The number of carbonyl (C=O) groups is 2. The first-order valence-electron chi connectivity index (χ1n) is 7.49. The molecule has 0 aliphatic rings. The summed E-state index contributed by atoms with van der Waals surface area (Å²) in [6, 6.07) is 5.54. The predicted molar refractivity (Wildman–Crippen MR) is 88.0 cm³/mol. The van der Waals surface area contributed by atoms with Crippen molar-refractivity contribution in [3.63, 3.8) is 0 Å². The fourth-order valence-corrected chi connectivity index (χ4v) is 1.81. The maximum absolute atomic E-state index is 12.5. The van der Waals surface area contributed by atoms with Crippen LogP contribution in [0.15, 0.2) is 18.2 Å². The highest BCUT2D eigenvalue weighted by molar-refractivity contribution is 6.10. The summed E-state index contributed by atoms with van der Waals surface area (Å²) in [5.41, 5.74) is 0.396. The SMILES string of the molecule is CCC(C)NC(=O)C(C)(C)C(=O)Nc1cc(C)ccc1OC. The predicted octanol–water partition coefficient (Wildman–Crippen LogP) is 2.88. The number of carbonyl (C=O) groups excluding carboxylic acids is 2. The Bertz CT molecular complexity index is 553. The van der Waals surface area contributed by atoms with E-state index in [1.807, 2.05) is 32.9 Å². The number of ether oxygens (including phenoxy) is 1. The molecule has 122 valence electrons. The quantitative estimate of drug-likeness (QED) is 0.794. The van der Waals surface area contributed by atoms with E-state index >= 15 is 0 Å². The smallest absolute Gasteiger partial charge is 0.239 e. The molecule has 2 N–H and O–H groups in total. The molecule has 1 unspecified atom stereocenters. The van der Waals surface area contributed by atoms with E-state index < -0.39 is 5.41 Å². The Morgan fingerprint density at radius 1 is 1.27 bits per heavy atom. The average molecular weight is 306 g/mol. The maximum Gasteiger partial charge on any atom is 0.239 e. The van der Waals surface area contributed by atoms with E-state index in [1.54, 1.807) is 27.0 Å². The number of rotatable bonds is 6. The third-order valence-electron chi connectivity index (χ3n) is 3.73. The second-order valence-corrected chi connectivity index (χ2v) is 6.07. The molecule has 0 fully saturated rings. The van der Waals surface area contributed by atoms with Crippen molar-refractivity contribution >= 4 is 17.5 Å². The zero-order chi connectivity index (χ0) is 16.9. The Labute approximate surface area is 132 Å². The molecule has 0 spiro atoms. The molecule has 1 aromatic rings. The van der Waals surface area contributed by atoms with Gasteiger partial charge in [0.25, 0.3) is 0 Å². The van der Waals surface area contributed by atoms with Gasteiger partial charge in [-0.15, -0.1) is 0 Å². The van der Waals surface area contributed by atoms with Crippen molar-refractivity contribution in [1.82, 2.24) is 5.32 Å². The summed E-state index contributed by atoms with van der Waals surface area (Å²) in [5.74, 6) is -0.0831. The molecule has 0 saturated carbocycles. The summed E-state index contributed by atoms with van der Waals surface area (Å²) in [6.07, 6.45) is 0.815. The highest BCUT2D eigenvalue weighted by Crippen LogP contribution is 2.27. The van der Waals surface area contributed by atoms with Crippen molar-refractivity contribution in [2.45, 2.75) is 47.1 Å². The van der Waals surface area contributed by atoms with Crippen LogP contribution in [0.4, 0.5) is 5.69 Å². The van der Waals surface area contributed by atoms with Crippen LogP contribution in [0.2, 0.25) is 0 Å². The lowest BCUT2D eigenvalue weighted by Gasteiger charge is -2.25. The summed E-state index contributed by atoms with van der Waals surface area (Å²) in [7, 11) is 1.54. The molecule has 5 nitrogen and oxygen atoms in total. The fourth-order valence-electron chi connectivity index (χ4n) is 1.81. The molecular formula is C17H26N2O3. The van der Waals surface area contributed by atoms with Gasteiger partial charge in [-0.2, -0.15) is 0 Å². The van der Waals surface area contributed by atoms with Crippen LogP contribution >= 0.6 is 0 Å². The molecule has 1 aromatic carbocycles. The lowest BCUT2D eigenvalue weighted by atomic mass is 9.90. The van der Waals surface area contributed by atoms with E-state index in [2.05, 4.69) is 10.6 Å². The van der Waals surface area contributed by atoms with Gasteiger partial charge in [-0.25, -0.2) is 0 Å². The molecule has 0 radical (unpaired) electrons. The van der Waals surface area contributed by atoms with Gasteiger partial charge in [-0.3, -0.25) is 9.59 Å². The summed E-state index contributed by atoms with van der Waals surface area (Å²) < 4.78 is 5.24. The largest absolute Gasteiger partial charge is 0.495 e. The highest BCUT2D eigenvalue weighted by Gasteiger charge is 2.36. The highest BCUT2D eigenvalue weighted by atomic mass is 16.5. The first-order chi connectivity index (χ1) is 10.2. The van der Waals surface area contributed by atoms with Crippen LogP contribution in [0.1, 0.15) is 39.7 Å². The number of benzene rings is 1. The van der Waals surface area contributed by atoms with Crippen molar-refractivity contribution in [1.29, 1.82) is 0 Å². The fraction of sp³-hybridized carbons (Fsp3) is 0.529. The zero-order valence-corrected chi connectivity index (χ0v) is 14.2. The van der Waals surface area contributed by atoms with Crippen LogP contribution in [0.5, 0.6) is 5.75 Å². The number of amides is 2. The molecular weight excluding hydrogens is 280 g/mol. The summed E-state index contributed by atoms with van der Waals surface area (Å²) in [6.45, 7) is 9.05. The van der Waals surface area contributed by atoms with E-state index in [0.717, 1.165) is 12.0 Å². The molecule has 2 amide bonds. The number of hydrogen-bond acceptors (Lipinski definition) is 3. The van der Waals surface area contributed by atoms with Crippen molar-refractivity contribution in [3.8, 4) is 5.75 Å². The van der Waals surface area contributed by atoms with E-state index in [0.29, 0.717) is 11.4 Å². The molecule has 0 aliphatic heterocycles. The number of methoxy groups -OCH3 is 1.